The van der Waals surface area contributed by atoms with Crippen LogP contribution in [0.5, 0.6) is 0 Å². The van der Waals surface area contributed by atoms with Crippen molar-refractivity contribution in [3.63, 3.8) is 0 Å². The van der Waals surface area contributed by atoms with E-state index >= 15 is 0 Å². The fourth-order valence-corrected chi connectivity index (χ4v) is 2.25. The summed E-state index contributed by atoms with van der Waals surface area (Å²) in [5.74, 6) is -1.18. The summed E-state index contributed by atoms with van der Waals surface area (Å²) in [6, 6.07) is 8.47. The van der Waals surface area contributed by atoms with Gasteiger partial charge in [-0.25, -0.2) is 4.39 Å². The minimum absolute atomic E-state index is 0.00557. The number of amides is 1. The molecule has 0 fully saturated rings. The average Bonchev–Trinajstić information content (AvgIpc) is 2.40. The molecule has 0 spiro atoms. The highest BCUT2D eigenvalue weighted by Gasteiger charge is 2.13. The number of thiocarbonyl (C=S) groups is 1. The van der Waals surface area contributed by atoms with E-state index in [-0.39, 0.29) is 21.3 Å². The predicted octanol–water partition coefficient (Wildman–Crippen LogP) is 4.02. The fraction of sp³-hybridized carbons (Fsp3) is 0. The number of hydrogen-bond acceptors (Lipinski definition) is 2. The second-order valence-corrected chi connectivity index (χ2v) is 5.42. The lowest BCUT2D eigenvalue weighted by molar-refractivity contribution is 0.102. The summed E-state index contributed by atoms with van der Waals surface area (Å²) in [6.45, 7) is 0. The van der Waals surface area contributed by atoms with E-state index in [4.69, 9.17) is 41.2 Å². The Morgan fingerprint density at radius 3 is 2.48 bits per heavy atom. The van der Waals surface area contributed by atoms with Crippen molar-refractivity contribution >= 4 is 52.0 Å². The van der Waals surface area contributed by atoms with Crippen molar-refractivity contribution in [2.75, 3.05) is 5.32 Å². The van der Waals surface area contributed by atoms with Gasteiger partial charge in [-0.15, -0.1) is 0 Å². The molecule has 7 heteroatoms. The number of carbonyl (C=O) groups excluding carboxylic acids is 1. The van der Waals surface area contributed by atoms with Crippen LogP contribution >= 0.6 is 35.4 Å². The van der Waals surface area contributed by atoms with Gasteiger partial charge < -0.3 is 11.1 Å². The van der Waals surface area contributed by atoms with Crippen LogP contribution in [0.25, 0.3) is 0 Å². The maximum atomic E-state index is 13.9. The van der Waals surface area contributed by atoms with Crippen LogP contribution in [0.15, 0.2) is 36.4 Å². The van der Waals surface area contributed by atoms with Gasteiger partial charge in [-0.1, -0.05) is 35.4 Å². The molecule has 3 nitrogen and oxygen atoms in total. The predicted molar refractivity (Wildman–Crippen MR) is 86.7 cm³/mol. The first-order valence-corrected chi connectivity index (χ1v) is 6.90. The van der Waals surface area contributed by atoms with Gasteiger partial charge in [0.1, 0.15) is 10.8 Å². The number of benzene rings is 2. The molecule has 0 aliphatic heterocycles. The van der Waals surface area contributed by atoms with Crippen molar-refractivity contribution in [2.45, 2.75) is 0 Å². The van der Waals surface area contributed by atoms with E-state index in [1.807, 2.05) is 0 Å². The van der Waals surface area contributed by atoms with E-state index in [0.717, 1.165) is 6.07 Å². The molecular weight excluding hydrogens is 334 g/mol. The Labute approximate surface area is 135 Å². The molecule has 2 rings (SSSR count). The summed E-state index contributed by atoms with van der Waals surface area (Å²) in [5.41, 5.74) is 5.99. The monoisotopic (exact) mass is 342 g/mol. The second kappa shape index (κ2) is 6.39. The summed E-state index contributed by atoms with van der Waals surface area (Å²) in [4.78, 5) is 12.1. The SMILES string of the molecule is NC(=S)c1ccc(NC(=O)c2ccc(Cl)cc2Cl)c(F)c1. The van der Waals surface area contributed by atoms with Crippen molar-refractivity contribution in [1.29, 1.82) is 0 Å². The normalized spacial score (nSPS) is 10.2. The summed E-state index contributed by atoms with van der Waals surface area (Å²) in [7, 11) is 0. The molecule has 0 aromatic heterocycles. The molecule has 0 bridgehead atoms. The maximum absolute atomic E-state index is 13.9. The van der Waals surface area contributed by atoms with Gasteiger partial charge in [0, 0.05) is 10.6 Å². The standard InChI is InChI=1S/C14H9Cl2FN2OS/c15-8-2-3-9(10(16)6-8)14(20)19-12-4-1-7(13(18)21)5-11(12)17/h1-6H,(H2,18,21)(H,19,20). The molecule has 0 heterocycles. The third-order valence-corrected chi connectivity index (χ3v) is 3.46. The highest BCUT2D eigenvalue weighted by atomic mass is 35.5. The Bertz CT molecular complexity index is 737. The highest BCUT2D eigenvalue weighted by molar-refractivity contribution is 7.80. The Morgan fingerprint density at radius 2 is 1.90 bits per heavy atom. The lowest BCUT2D eigenvalue weighted by Gasteiger charge is -2.09. The zero-order chi connectivity index (χ0) is 15.6. The van der Waals surface area contributed by atoms with Crippen molar-refractivity contribution in [2.24, 2.45) is 5.73 Å². The highest BCUT2D eigenvalue weighted by Crippen LogP contribution is 2.23. The van der Waals surface area contributed by atoms with Crippen LogP contribution < -0.4 is 11.1 Å². The Balaban J connectivity index is 2.25. The first kappa shape index (κ1) is 15.7. The Morgan fingerprint density at radius 1 is 1.19 bits per heavy atom. The number of hydrogen-bond donors (Lipinski definition) is 2. The molecule has 0 aliphatic carbocycles. The van der Waals surface area contributed by atoms with Gasteiger partial charge in [0.2, 0.25) is 0 Å². The third kappa shape index (κ3) is 3.69. The molecule has 2 aromatic rings. The van der Waals surface area contributed by atoms with Crippen LogP contribution in [0.1, 0.15) is 15.9 Å². The number of halogens is 3. The molecular formula is C14H9Cl2FN2OS. The van der Waals surface area contributed by atoms with E-state index in [1.165, 1.54) is 30.3 Å². The van der Waals surface area contributed by atoms with E-state index in [0.29, 0.717) is 10.6 Å². The molecule has 0 atom stereocenters. The van der Waals surface area contributed by atoms with Gasteiger partial charge in [-0.05, 0) is 36.4 Å². The van der Waals surface area contributed by atoms with Crippen LogP contribution in [0, 0.1) is 5.82 Å². The first-order valence-electron chi connectivity index (χ1n) is 5.74. The zero-order valence-electron chi connectivity index (χ0n) is 10.5. The summed E-state index contributed by atoms with van der Waals surface area (Å²) < 4.78 is 13.9. The molecule has 21 heavy (non-hydrogen) atoms. The molecule has 0 saturated carbocycles. The lowest BCUT2D eigenvalue weighted by Crippen LogP contribution is -2.15. The topological polar surface area (TPSA) is 55.1 Å². The van der Waals surface area contributed by atoms with Gasteiger partial charge in [-0.3, -0.25) is 4.79 Å². The Hall–Kier alpha value is -1.69. The minimum atomic E-state index is -0.640. The summed E-state index contributed by atoms with van der Waals surface area (Å²) in [6.07, 6.45) is 0. The van der Waals surface area contributed by atoms with Crippen LogP contribution in [0.3, 0.4) is 0 Å². The molecule has 0 aliphatic rings. The largest absolute Gasteiger partial charge is 0.389 e. The van der Waals surface area contributed by atoms with Crippen LogP contribution in [0.2, 0.25) is 10.0 Å². The fourth-order valence-electron chi connectivity index (χ4n) is 1.63. The number of rotatable bonds is 3. The summed E-state index contributed by atoms with van der Waals surface area (Å²) in [5, 5.41) is 3.01. The number of anilines is 1. The molecule has 0 saturated heterocycles. The van der Waals surface area contributed by atoms with Crippen molar-refractivity contribution in [1.82, 2.24) is 0 Å². The van der Waals surface area contributed by atoms with Crippen molar-refractivity contribution < 1.29 is 9.18 Å². The zero-order valence-corrected chi connectivity index (χ0v) is 12.8. The van der Waals surface area contributed by atoms with Gasteiger partial charge in [0.15, 0.2) is 0 Å². The number of carbonyl (C=O) groups is 1. The van der Waals surface area contributed by atoms with Gasteiger partial charge >= 0.3 is 0 Å². The van der Waals surface area contributed by atoms with Crippen LogP contribution in [-0.4, -0.2) is 10.9 Å². The maximum Gasteiger partial charge on any atom is 0.257 e. The average molecular weight is 343 g/mol. The van der Waals surface area contributed by atoms with E-state index < -0.39 is 11.7 Å². The van der Waals surface area contributed by atoms with E-state index in [9.17, 15) is 9.18 Å². The van der Waals surface area contributed by atoms with Crippen molar-refractivity contribution in [3.8, 4) is 0 Å². The molecule has 3 N–H and O–H groups in total. The molecule has 1 amide bonds. The molecule has 2 aromatic carbocycles. The lowest BCUT2D eigenvalue weighted by atomic mass is 10.1. The summed E-state index contributed by atoms with van der Waals surface area (Å²) >= 11 is 16.4. The first-order chi connectivity index (χ1) is 9.88. The van der Waals surface area contributed by atoms with Crippen molar-refractivity contribution in [3.05, 3.63) is 63.4 Å². The Kier molecular flexibility index (Phi) is 4.77. The van der Waals surface area contributed by atoms with E-state index in [2.05, 4.69) is 5.32 Å². The third-order valence-electron chi connectivity index (χ3n) is 2.68. The van der Waals surface area contributed by atoms with Gasteiger partial charge in [0.25, 0.3) is 5.91 Å². The van der Waals surface area contributed by atoms with E-state index in [1.54, 1.807) is 0 Å². The smallest absolute Gasteiger partial charge is 0.257 e. The van der Waals surface area contributed by atoms with Gasteiger partial charge in [-0.2, -0.15) is 0 Å². The van der Waals surface area contributed by atoms with Crippen LogP contribution in [0.4, 0.5) is 10.1 Å². The molecule has 108 valence electrons. The second-order valence-electron chi connectivity index (χ2n) is 4.14. The molecule has 0 unspecified atom stereocenters. The quantitative estimate of drug-likeness (QED) is 0.828. The molecule has 0 radical (unpaired) electrons. The number of nitrogens with two attached hydrogens (primary N) is 1. The van der Waals surface area contributed by atoms with Crippen LogP contribution in [-0.2, 0) is 0 Å². The minimum Gasteiger partial charge on any atom is -0.389 e. The van der Waals surface area contributed by atoms with Gasteiger partial charge in [0.05, 0.1) is 16.3 Å². The number of nitrogens with one attached hydrogen (secondary N) is 1.